The third-order valence-corrected chi connectivity index (χ3v) is 7.36. The summed E-state index contributed by atoms with van der Waals surface area (Å²) in [5, 5.41) is 11.7. The maximum atomic E-state index is 13.3. The van der Waals surface area contributed by atoms with Gasteiger partial charge in [-0.2, -0.15) is 0 Å². The molecule has 0 radical (unpaired) electrons. The molecule has 1 saturated heterocycles. The lowest BCUT2D eigenvalue weighted by Gasteiger charge is -2.42. The Morgan fingerprint density at radius 3 is 2.65 bits per heavy atom. The van der Waals surface area contributed by atoms with E-state index in [1.165, 1.54) is 6.26 Å². The maximum Gasteiger partial charge on any atom is 0.250 e. The monoisotopic (exact) mass is 474 g/mol. The van der Waals surface area contributed by atoms with Gasteiger partial charge in [0.15, 0.2) is 0 Å². The number of fused-ring (bicyclic) bond motifs is 5. The fourth-order valence-corrected chi connectivity index (χ4v) is 5.70. The summed E-state index contributed by atoms with van der Waals surface area (Å²) in [6.07, 6.45) is 2.52. The fourth-order valence-electron chi connectivity index (χ4n) is 5.58. The maximum absolute atomic E-state index is 13.3. The van der Waals surface area contributed by atoms with E-state index in [9.17, 15) is 14.7 Å². The van der Waals surface area contributed by atoms with Crippen LogP contribution in [0.3, 0.4) is 0 Å². The zero-order chi connectivity index (χ0) is 23.4. The number of phenolic OH excluding ortho intramolecular Hbond substituents is 1. The Kier molecular flexibility index (Phi) is 5.08. The van der Waals surface area contributed by atoms with Gasteiger partial charge in [-0.3, -0.25) is 14.5 Å². The number of hydrogen-bond donors (Lipinski definition) is 1. The number of aromatic hydroxyl groups is 1. The average molecular weight is 475 g/mol. The van der Waals surface area contributed by atoms with E-state index in [1.807, 2.05) is 16.7 Å². The van der Waals surface area contributed by atoms with Crippen molar-refractivity contribution in [3.63, 3.8) is 0 Å². The molecule has 2 bridgehead atoms. The summed E-state index contributed by atoms with van der Waals surface area (Å²) in [7, 11) is 0. The molecule has 6 nitrogen and oxygen atoms in total. The third kappa shape index (κ3) is 3.54. The van der Waals surface area contributed by atoms with E-state index >= 15 is 0 Å². The molecule has 0 saturated carbocycles. The van der Waals surface area contributed by atoms with E-state index in [4.69, 9.17) is 16.0 Å². The molecule has 2 aromatic carbocycles. The number of rotatable bonds is 3. The summed E-state index contributed by atoms with van der Waals surface area (Å²) in [5.41, 5.74) is 3.20. The molecule has 2 aliphatic rings. The first kappa shape index (κ1) is 21.2. The molecule has 1 fully saturated rings. The second-order valence-corrected chi connectivity index (χ2v) is 9.75. The van der Waals surface area contributed by atoms with Crippen molar-refractivity contribution in [3.8, 4) is 16.9 Å². The van der Waals surface area contributed by atoms with Crippen molar-refractivity contribution in [2.75, 3.05) is 13.1 Å². The van der Waals surface area contributed by atoms with Crippen LogP contribution >= 0.6 is 11.6 Å². The summed E-state index contributed by atoms with van der Waals surface area (Å²) in [5.74, 6) is 0.747. The van der Waals surface area contributed by atoms with Crippen LogP contribution in [0.1, 0.15) is 23.6 Å². The lowest BCUT2D eigenvalue weighted by atomic mass is 9.83. The molecule has 2 aromatic heterocycles. The van der Waals surface area contributed by atoms with Gasteiger partial charge in [-0.1, -0.05) is 29.8 Å². The minimum Gasteiger partial charge on any atom is -0.507 e. The van der Waals surface area contributed by atoms with Crippen molar-refractivity contribution in [1.82, 2.24) is 9.47 Å². The number of phenols is 1. The zero-order valence-corrected chi connectivity index (χ0v) is 19.2. The van der Waals surface area contributed by atoms with Crippen LogP contribution in [-0.2, 0) is 13.1 Å². The van der Waals surface area contributed by atoms with Gasteiger partial charge in [0, 0.05) is 48.9 Å². The van der Waals surface area contributed by atoms with Crippen molar-refractivity contribution < 1.29 is 9.52 Å². The first-order chi connectivity index (χ1) is 16.5. The Balaban J connectivity index is 1.35. The number of piperidine rings is 1. The molecule has 4 aromatic rings. The third-order valence-electron chi connectivity index (χ3n) is 7.11. The fraction of sp³-hybridized carbons (Fsp3) is 0.259. The smallest absolute Gasteiger partial charge is 0.250 e. The van der Waals surface area contributed by atoms with Crippen molar-refractivity contribution >= 4 is 22.6 Å². The second-order valence-electron chi connectivity index (χ2n) is 9.32. The van der Waals surface area contributed by atoms with Crippen LogP contribution in [0, 0.1) is 5.92 Å². The lowest BCUT2D eigenvalue weighted by Crippen LogP contribution is -2.46. The van der Waals surface area contributed by atoms with E-state index in [1.54, 1.807) is 42.5 Å². The number of pyridine rings is 1. The Morgan fingerprint density at radius 2 is 1.82 bits per heavy atom. The molecule has 7 heteroatoms. The summed E-state index contributed by atoms with van der Waals surface area (Å²) in [6.45, 7) is 2.78. The van der Waals surface area contributed by atoms with Crippen LogP contribution < -0.4 is 11.0 Å². The van der Waals surface area contributed by atoms with Crippen LogP contribution in [0.2, 0.25) is 5.02 Å². The normalized spacial score (nSPS) is 19.8. The van der Waals surface area contributed by atoms with Crippen LogP contribution in [0.4, 0.5) is 0 Å². The van der Waals surface area contributed by atoms with Crippen LogP contribution in [-0.4, -0.2) is 27.7 Å². The predicted molar refractivity (Wildman–Crippen MR) is 131 cm³/mol. The summed E-state index contributed by atoms with van der Waals surface area (Å²) < 4.78 is 7.87. The van der Waals surface area contributed by atoms with Crippen LogP contribution in [0.15, 0.2) is 74.9 Å². The van der Waals surface area contributed by atoms with Gasteiger partial charge in [-0.25, -0.2) is 0 Å². The molecule has 0 spiro atoms. The van der Waals surface area contributed by atoms with Crippen molar-refractivity contribution in [3.05, 3.63) is 97.7 Å². The first-order valence-electron chi connectivity index (χ1n) is 11.4. The summed E-state index contributed by atoms with van der Waals surface area (Å²) in [4.78, 5) is 27.9. The molecule has 0 aliphatic carbocycles. The van der Waals surface area contributed by atoms with Gasteiger partial charge in [-0.15, -0.1) is 0 Å². The van der Waals surface area contributed by atoms with Gasteiger partial charge in [0.25, 0.3) is 5.56 Å². The van der Waals surface area contributed by atoms with E-state index in [2.05, 4.69) is 4.90 Å². The van der Waals surface area contributed by atoms with E-state index in [0.717, 1.165) is 30.8 Å². The molecule has 34 heavy (non-hydrogen) atoms. The van der Waals surface area contributed by atoms with Gasteiger partial charge in [-0.05, 0) is 48.2 Å². The quantitative estimate of drug-likeness (QED) is 0.469. The van der Waals surface area contributed by atoms with Gasteiger partial charge in [0.2, 0.25) is 5.43 Å². The number of likely N-dealkylation sites (tertiary alicyclic amines) is 1. The number of nitrogens with zero attached hydrogens (tertiary/aromatic N) is 2. The molecule has 6 rings (SSSR count). The Hall–Kier alpha value is -3.35. The van der Waals surface area contributed by atoms with Crippen LogP contribution in [0.25, 0.3) is 22.1 Å². The Labute approximate surface area is 200 Å². The second kappa shape index (κ2) is 8.15. The Morgan fingerprint density at radius 1 is 1.00 bits per heavy atom. The topological polar surface area (TPSA) is 75.7 Å². The number of hydrogen-bond acceptors (Lipinski definition) is 5. The van der Waals surface area contributed by atoms with E-state index in [-0.39, 0.29) is 22.7 Å². The van der Waals surface area contributed by atoms with Gasteiger partial charge in [0.1, 0.15) is 17.6 Å². The highest BCUT2D eigenvalue weighted by molar-refractivity contribution is 6.30. The molecular weight excluding hydrogens is 452 g/mol. The Bertz CT molecular complexity index is 1520. The van der Waals surface area contributed by atoms with Gasteiger partial charge in [0.05, 0.1) is 16.5 Å². The highest BCUT2D eigenvalue weighted by atomic mass is 35.5. The number of benzene rings is 2. The van der Waals surface area contributed by atoms with E-state index < -0.39 is 0 Å². The molecule has 1 N–H and O–H groups in total. The van der Waals surface area contributed by atoms with Gasteiger partial charge < -0.3 is 14.1 Å². The predicted octanol–water partition coefficient (Wildman–Crippen LogP) is 4.60. The number of aromatic nitrogens is 1. The molecule has 0 amide bonds. The molecule has 2 aliphatic heterocycles. The first-order valence-corrected chi connectivity index (χ1v) is 11.8. The largest absolute Gasteiger partial charge is 0.507 e. The summed E-state index contributed by atoms with van der Waals surface area (Å²) in [6, 6.07) is 15.7. The zero-order valence-electron chi connectivity index (χ0n) is 18.4. The molecule has 172 valence electrons. The number of halogens is 1. The van der Waals surface area contributed by atoms with Crippen LogP contribution in [0.5, 0.6) is 5.75 Å². The van der Waals surface area contributed by atoms with Crippen molar-refractivity contribution in [2.24, 2.45) is 5.92 Å². The standard InChI is InChI=1S/C27H23ClN2O4/c28-19-6-4-17(5-7-19)22-15-34-27-20(26(22)33)8-9-24(31)21(27)14-29-11-16-10-18(13-29)23-2-1-3-25(32)30(23)12-16/h1-9,15-16,18,31H,10-14H2/t16-,18+/m1/s1. The molecule has 4 heterocycles. The SMILES string of the molecule is O=c1c(-c2ccc(Cl)cc2)coc2c(CN3C[C@H]4C[C@@H](C3)c3cccc(=O)n3C4)c(O)ccc12. The molecule has 2 atom stereocenters. The van der Waals surface area contributed by atoms with Crippen molar-refractivity contribution in [1.29, 1.82) is 0 Å². The minimum absolute atomic E-state index is 0.0608. The summed E-state index contributed by atoms with van der Waals surface area (Å²) >= 11 is 5.98. The van der Waals surface area contributed by atoms with Crippen molar-refractivity contribution in [2.45, 2.75) is 25.4 Å². The van der Waals surface area contributed by atoms with Gasteiger partial charge >= 0.3 is 0 Å². The molecule has 0 unspecified atom stereocenters. The highest BCUT2D eigenvalue weighted by Gasteiger charge is 2.35. The highest BCUT2D eigenvalue weighted by Crippen LogP contribution is 2.37. The minimum atomic E-state index is -0.145. The van der Waals surface area contributed by atoms with E-state index in [0.29, 0.717) is 46.1 Å². The lowest BCUT2D eigenvalue weighted by molar-refractivity contribution is 0.113. The average Bonchev–Trinajstić information content (AvgIpc) is 2.83. The molecular formula is C27H23ClN2O4.